The number of nitrogens with one attached hydrogen (secondary N) is 2. The van der Waals surface area contributed by atoms with Gasteiger partial charge in [0.05, 0.1) is 12.6 Å². The fraction of sp³-hybridized carbons (Fsp3) is 0.778. The Morgan fingerprint density at radius 1 is 1.32 bits per heavy atom. The second-order valence-corrected chi connectivity index (χ2v) is 6.71. The lowest BCUT2D eigenvalue weighted by Gasteiger charge is -2.33. The topological polar surface area (TPSA) is 70.7 Å². The number of halogens is 1. The number of likely N-dealkylation sites (tertiary alicyclic amines) is 1. The SMILES string of the molecule is C=CCOCCCC(=O)N1CCCC(CNC(=O)C2CCCN2)C1.Cl. The molecular formula is C18H32ClN3O3. The van der Waals surface area contributed by atoms with Crippen LogP contribution in [0.2, 0.25) is 0 Å². The molecule has 2 heterocycles. The first-order valence-corrected chi connectivity index (χ1v) is 9.18. The lowest BCUT2D eigenvalue weighted by atomic mass is 9.97. The molecule has 0 saturated carbocycles. The van der Waals surface area contributed by atoms with Crippen LogP contribution in [0.3, 0.4) is 0 Å². The van der Waals surface area contributed by atoms with Gasteiger partial charge < -0.3 is 20.3 Å². The van der Waals surface area contributed by atoms with E-state index in [0.717, 1.165) is 51.7 Å². The Morgan fingerprint density at radius 2 is 2.16 bits per heavy atom. The zero-order chi connectivity index (χ0) is 17.2. The minimum atomic E-state index is -0.0260. The van der Waals surface area contributed by atoms with Crippen molar-refractivity contribution in [1.82, 2.24) is 15.5 Å². The van der Waals surface area contributed by atoms with Gasteiger partial charge in [0.2, 0.25) is 11.8 Å². The molecule has 0 bridgehead atoms. The van der Waals surface area contributed by atoms with Gasteiger partial charge in [-0.25, -0.2) is 0 Å². The van der Waals surface area contributed by atoms with Crippen LogP contribution in [0.4, 0.5) is 0 Å². The fourth-order valence-electron chi connectivity index (χ4n) is 3.38. The van der Waals surface area contributed by atoms with E-state index in [1.165, 1.54) is 0 Å². The van der Waals surface area contributed by atoms with Crippen LogP contribution in [-0.2, 0) is 14.3 Å². The van der Waals surface area contributed by atoms with E-state index in [1.807, 2.05) is 4.90 Å². The maximum atomic E-state index is 12.3. The molecule has 2 fully saturated rings. The molecule has 2 aliphatic heterocycles. The molecule has 7 heteroatoms. The summed E-state index contributed by atoms with van der Waals surface area (Å²) in [4.78, 5) is 26.3. The highest BCUT2D eigenvalue weighted by atomic mass is 35.5. The molecule has 2 saturated heterocycles. The third kappa shape index (κ3) is 7.75. The van der Waals surface area contributed by atoms with Crippen molar-refractivity contribution in [2.45, 2.75) is 44.6 Å². The van der Waals surface area contributed by atoms with Gasteiger partial charge in [0.15, 0.2) is 0 Å². The van der Waals surface area contributed by atoms with Gasteiger partial charge >= 0.3 is 0 Å². The molecule has 0 aromatic rings. The average molecular weight is 374 g/mol. The molecule has 0 spiro atoms. The first kappa shape index (κ1) is 21.9. The summed E-state index contributed by atoms with van der Waals surface area (Å²) in [5.74, 6) is 0.672. The van der Waals surface area contributed by atoms with Crippen LogP contribution in [0.25, 0.3) is 0 Å². The van der Waals surface area contributed by atoms with E-state index in [-0.39, 0.29) is 30.3 Å². The summed E-state index contributed by atoms with van der Waals surface area (Å²) in [7, 11) is 0. The quantitative estimate of drug-likeness (QED) is 0.474. The molecule has 2 rings (SSSR count). The van der Waals surface area contributed by atoms with Crippen LogP contribution in [0, 0.1) is 5.92 Å². The monoisotopic (exact) mass is 373 g/mol. The summed E-state index contributed by atoms with van der Waals surface area (Å²) in [5, 5.41) is 6.27. The summed E-state index contributed by atoms with van der Waals surface area (Å²) < 4.78 is 5.31. The second-order valence-electron chi connectivity index (χ2n) is 6.71. The van der Waals surface area contributed by atoms with Gasteiger partial charge in [-0.05, 0) is 44.6 Å². The number of piperidine rings is 1. The number of ether oxygens (including phenoxy) is 1. The van der Waals surface area contributed by atoms with Crippen LogP contribution >= 0.6 is 12.4 Å². The van der Waals surface area contributed by atoms with E-state index in [0.29, 0.717) is 32.1 Å². The van der Waals surface area contributed by atoms with Gasteiger partial charge in [0.1, 0.15) is 0 Å². The van der Waals surface area contributed by atoms with E-state index >= 15 is 0 Å². The lowest BCUT2D eigenvalue weighted by molar-refractivity contribution is -0.133. The fourth-order valence-corrected chi connectivity index (χ4v) is 3.38. The maximum Gasteiger partial charge on any atom is 0.237 e. The van der Waals surface area contributed by atoms with Crippen molar-refractivity contribution in [3.05, 3.63) is 12.7 Å². The first-order chi connectivity index (χ1) is 11.7. The predicted octanol–water partition coefficient (Wildman–Crippen LogP) is 1.50. The zero-order valence-electron chi connectivity index (χ0n) is 15.0. The van der Waals surface area contributed by atoms with Crippen LogP contribution in [0.1, 0.15) is 38.5 Å². The summed E-state index contributed by atoms with van der Waals surface area (Å²) >= 11 is 0. The van der Waals surface area contributed by atoms with Crippen LogP contribution in [0.15, 0.2) is 12.7 Å². The van der Waals surface area contributed by atoms with E-state index in [9.17, 15) is 9.59 Å². The third-order valence-electron chi connectivity index (χ3n) is 4.73. The third-order valence-corrected chi connectivity index (χ3v) is 4.73. The number of hydrogen-bond donors (Lipinski definition) is 2. The van der Waals surface area contributed by atoms with Crippen LogP contribution in [-0.4, -0.2) is 62.1 Å². The standard InChI is InChI=1S/C18H31N3O3.ClH/c1-2-11-24-12-5-8-17(22)21-10-4-6-15(14-21)13-20-18(23)16-7-3-9-19-16;/h2,15-16,19H,1,3-14H2,(H,20,23);1H. The highest BCUT2D eigenvalue weighted by molar-refractivity contribution is 5.85. The molecule has 2 unspecified atom stereocenters. The van der Waals surface area contributed by atoms with Crippen LogP contribution < -0.4 is 10.6 Å². The Kier molecular flexibility index (Phi) is 10.8. The Bertz CT molecular complexity index is 428. The van der Waals surface area contributed by atoms with E-state index in [2.05, 4.69) is 17.2 Å². The average Bonchev–Trinajstić information content (AvgIpc) is 3.14. The molecule has 2 aliphatic rings. The Balaban J connectivity index is 0.00000312. The Hall–Kier alpha value is -1.11. The van der Waals surface area contributed by atoms with E-state index in [4.69, 9.17) is 4.74 Å². The molecule has 0 aromatic heterocycles. The highest BCUT2D eigenvalue weighted by Crippen LogP contribution is 2.17. The Labute approximate surface area is 157 Å². The summed E-state index contributed by atoms with van der Waals surface area (Å²) in [6, 6.07) is -0.0260. The molecular weight excluding hydrogens is 342 g/mol. The summed E-state index contributed by atoms with van der Waals surface area (Å²) in [6.45, 7) is 7.92. The maximum absolute atomic E-state index is 12.3. The molecule has 0 aromatic carbocycles. The van der Waals surface area contributed by atoms with Gasteiger partial charge in [-0.3, -0.25) is 9.59 Å². The van der Waals surface area contributed by atoms with Gasteiger partial charge in [0, 0.05) is 32.7 Å². The molecule has 2 amide bonds. The number of rotatable bonds is 9. The molecule has 144 valence electrons. The number of carbonyl (C=O) groups excluding carboxylic acids is 2. The molecule has 0 aliphatic carbocycles. The van der Waals surface area contributed by atoms with Gasteiger partial charge in [-0.2, -0.15) is 0 Å². The second kappa shape index (κ2) is 12.3. The molecule has 6 nitrogen and oxygen atoms in total. The van der Waals surface area contributed by atoms with Crippen LogP contribution in [0.5, 0.6) is 0 Å². The van der Waals surface area contributed by atoms with Crippen molar-refractivity contribution in [1.29, 1.82) is 0 Å². The van der Waals surface area contributed by atoms with E-state index < -0.39 is 0 Å². The van der Waals surface area contributed by atoms with Crippen molar-refractivity contribution < 1.29 is 14.3 Å². The van der Waals surface area contributed by atoms with Crippen molar-refractivity contribution in [2.75, 3.05) is 39.4 Å². The zero-order valence-corrected chi connectivity index (χ0v) is 15.8. The van der Waals surface area contributed by atoms with Gasteiger partial charge in [-0.1, -0.05) is 6.08 Å². The normalized spacial score (nSPS) is 23.0. The van der Waals surface area contributed by atoms with Gasteiger partial charge in [0.25, 0.3) is 0 Å². The van der Waals surface area contributed by atoms with Crippen molar-refractivity contribution in [3.63, 3.8) is 0 Å². The molecule has 2 atom stereocenters. The van der Waals surface area contributed by atoms with E-state index in [1.54, 1.807) is 6.08 Å². The highest BCUT2D eigenvalue weighted by Gasteiger charge is 2.26. The van der Waals surface area contributed by atoms with Crippen molar-refractivity contribution in [2.24, 2.45) is 5.92 Å². The first-order valence-electron chi connectivity index (χ1n) is 9.18. The minimum absolute atomic E-state index is 0. The Morgan fingerprint density at radius 3 is 2.88 bits per heavy atom. The molecule has 0 radical (unpaired) electrons. The lowest BCUT2D eigenvalue weighted by Crippen LogP contribution is -2.46. The largest absolute Gasteiger partial charge is 0.377 e. The number of nitrogens with zero attached hydrogens (tertiary/aromatic N) is 1. The smallest absolute Gasteiger partial charge is 0.237 e. The molecule has 2 N–H and O–H groups in total. The van der Waals surface area contributed by atoms with Gasteiger partial charge in [-0.15, -0.1) is 19.0 Å². The predicted molar refractivity (Wildman–Crippen MR) is 101 cm³/mol. The number of hydrogen-bond acceptors (Lipinski definition) is 4. The molecule has 25 heavy (non-hydrogen) atoms. The summed E-state index contributed by atoms with van der Waals surface area (Å²) in [6.07, 6.45) is 7.08. The van der Waals surface area contributed by atoms with Crippen molar-refractivity contribution in [3.8, 4) is 0 Å². The number of carbonyl (C=O) groups is 2. The summed E-state index contributed by atoms with van der Waals surface area (Å²) in [5.41, 5.74) is 0. The number of amides is 2. The van der Waals surface area contributed by atoms with Crippen molar-refractivity contribution >= 4 is 24.2 Å². The minimum Gasteiger partial charge on any atom is -0.377 e.